The number of amides is 1. The highest BCUT2D eigenvalue weighted by Crippen LogP contribution is 2.30. The molecule has 115 valence electrons. The second-order valence-corrected chi connectivity index (χ2v) is 5.49. The van der Waals surface area contributed by atoms with E-state index >= 15 is 0 Å². The predicted molar refractivity (Wildman–Crippen MR) is 89.6 cm³/mol. The standard InChI is InChI=1S/C17H24NO.2CH2/c18-17(19)16-13-9-8-12-15(16)14-10-6-4-2-1-3-5-7-11-14;;/h8-9,12-13H,1-7,10-11H2,(H2,18,19);2*1H2. The molecule has 1 aromatic rings. The highest BCUT2D eigenvalue weighted by molar-refractivity contribution is 5.95. The van der Waals surface area contributed by atoms with Gasteiger partial charge in [-0.1, -0.05) is 78.0 Å². The molecule has 1 aromatic carbocycles. The summed E-state index contributed by atoms with van der Waals surface area (Å²) in [5.41, 5.74) is 7.28. The van der Waals surface area contributed by atoms with E-state index in [1.54, 1.807) is 0 Å². The normalized spacial score (nSPS) is 17.1. The molecule has 5 radical (unpaired) electrons. The first-order valence-corrected chi connectivity index (χ1v) is 7.53. The van der Waals surface area contributed by atoms with E-state index in [4.69, 9.17) is 5.73 Å². The molecule has 0 aliphatic heterocycles. The predicted octanol–water partition coefficient (Wildman–Crippen LogP) is 4.89. The summed E-state index contributed by atoms with van der Waals surface area (Å²) in [6, 6.07) is 7.81. The van der Waals surface area contributed by atoms with Gasteiger partial charge in [0.2, 0.25) is 5.91 Å². The molecular formula is C19H28NO. The first-order valence-electron chi connectivity index (χ1n) is 7.53. The van der Waals surface area contributed by atoms with Gasteiger partial charge in [0.15, 0.2) is 0 Å². The molecular weight excluding hydrogens is 258 g/mol. The SMILES string of the molecule is NC(=O)c1ccccc1[C]1CCCCCCCCC1.[CH2].[CH2]. The average Bonchev–Trinajstić information content (AvgIpc) is 2.44. The zero-order chi connectivity index (χ0) is 13.5. The molecule has 0 spiro atoms. The van der Waals surface area contributed by atoms with Crippen LogP contribution in [-0.2, 0) is 0 Å². The fourth-order valence-electron chi connectivity index (χ4n) is 2.96. The van der Waals surface area contributed by atoms with Crippen molar-refractivity contribution in [2.24, 2.45) is 5.73 Å². The van der Waals surface area contributed by atoms with Gasteiger partial charge in [-0.05, 0) is 24.5 Å². The highest BCUT2D eigenvalue weighted by atomic mass is 16.1. The quantitative estimate of drug-likeness (QED) is 0.826. The van der Waals surface area contributed by atoms with Crippen molar-refractivity contribution in [2.75, 3.05) is 0 Å². The van der Waals surface area contributed by atoms with Crippen molar-refractivity contribution >= 4 is 5.91 Å². The van der Waals surface area contributed by atoms with E-state index in [0.29, 0.717) is 5.56 Å². The third kappa shape index (κ3) is 5.91. The number of primary amides is 1. The molecule has 1 amide bonds. The Morgan fingerprint density at radius 3 is 1.81 bits per heavy atom. The highest BCUT2D eigenvalue weighted by Gasteiger charge is 2.18. The molecule has 1 aliphatic rings. The van der Waals surface area contributed by atoms with Crippen molar-refractivity contribution in [3.8, 4) is 0 Å². The van der Waals surface area contributed by atoms with Gasteiger partial charge in [0, 0.05) is 11.5 Å². The Morgan fingerprint density at radius 1 is 0.810 bits per heavy atom. The van der Waals surface area contributed by atoms with E-state index in [1.165, 1.54) is 50.9 Å². The third-order valence-electron chi connectivity index (χ3n) is 4.03. The summed E-state index contributed by atoms with van der Waals surface area (Å²) in [4.78, 5) is 11.6. The van der Waals surface area contributed by atoms with Gasteiger partial charge in [0.05, 0.1) is 0 Å². The van der Waals surface area contributed by atoms with Crippen LogP contribution in [0.5, 0.6) is 0 Å². The van der Waals surface area contributed by atoms with Crippen LogP contribution in [0.2, 0.25) is 0 Å². The van der Waals surface area contributed by atoms with Crippen molar-refractivity contribution in [1.82, 2.24) is 0 Å². The van der Waals surface area contributed by atoms with Crippen LogP contribution in [0.1, 0.15) is 73.7 Å². The molecule has 0 unspecified atom stereocenters. The number of benzene rings is 1. The molecule has 0 atom stereocenters. The Bertz CT molecular complexity index is 404. The van der Waals surface area contributed by atoms with Gasteiger partial charge in [-0.25, -0.2) is 0 Å². The molecule has 1 aliphatic carbocycles. The van der Waals surface area contributed by atoms with E-state index in [9.17, 15) is 4.79 Å². The topological polar surface area (TPSA) is 43.1 Å². The fraction of sp³-hybridized carbons (Fsp3) is 0.474. The monoisotopic (exact) mass is 286 g/mol. The Hall–Kier alpha value is -1.31. The largest absolute Gasteiger partial charge is 0.366 e. The summed E-state index contributed by atoms with van der Waals surface area (Å²) in [5.74, 6) is 1.12. The van der Waals surface area contributed by atoms with Crippen molar-refractivity contribution in [2.45, 2.75) is 57.8 Å². The first kappa shape index (κ1) is 19.7. The Labute approximate surface area is 131 Å². The van der Waals surface area contributed by atoms with Crippen LogP contribution < -0.4 is 5.73 Å². The molecule has 2 nitrogen and oxygen atoms in total. The number of hydrogen-bond acceptors (Lipinski definition) is 1. The molecule has 0 heterocycles. The van der Waals surface area contributed by atoms with Crippen LogP contribution in [0.25, 0.3) is 0 Å². The molecule has 2 heteroatoms. The summed E-state index contributed by atoms with van der Waals surface area (Å²) in [6.07, 6.45) is 11.4. The molecule has 1 saturated carbocycles. The van der Waals surface area contributed by atoms with E-state index in [1.807, 2.05) is 18.2 Å². The lowest BCUT2D eigenvalue weighted by Gasteiger charge is -2.20. The van der Waals surface area contributed by atoms with Gasteiger partial charge in [-0.3, -0.25) is 4.79 Å². The maximum absolute atomic E-state index is 11.6. The molecule has 1 fully saturated rings. The molecule has 0 aromatic heterocycles. The Morgan fingerprint density at radius 2 is 1.29 bits per heavy atom. The fourth-order valence-corrected chi connectivity index (χ4v) is 2.96. The van der Waals surface area contributed by atoms with Crippen molar-refractivity contribution in [3.05, 3.63) is 56.2 Å². The van der Waals surface area contributed by atoms with Crippen molar-refractivity contribution < 1.29 is 4.79 Å². The molecule has 0 saturated heterocycles. The molecule has 2 rings (SSSR count). The van der Waals surface area contributed by atoms with Crippen LogP contribution in [0, 0.1) is 20.8 Å². The van der Waals surface area contributed by atoms with Crippen molar-refractivity contribution in [3.63, 3.8) is 0 Å². The number of carbonyl (C=O) groups is 1. The molecule has 0 bridgehead atoms. The number of hydrogen-bond donors (Lipinski definition) is 1. The number of nitrogens with two attached hydrogens (primary N) is 1. The average molecular weight is 286 g/mol. The van der Waals surface area contributed by atoms with Gasteiger partial charge >= 0.3 is 0 Å². The lowest BCUT2D eigenvalue weighted by Crippen LogP contribution is -2.16. The summed E-state index contributed by atoms with van der Waals surface area (Å²) >= 11 is 0. The lowest BCUT2D eigenvalue weighted by atomic mass is 9.84. The van der Waals surface area contributed by atoms with Crippen LogP contribution in [-0.4, -0.2) is 5.91 Å². The summed E-state index contributed by atoms with van der Waals surface area (Å²) in [5, 5.41) is 0. The lowest BCUT2D eigenvalue weighted by molar-refractivity contribution is 0.0999. The first-order chi connectivity index (χ1) is 9.29. The van der Waals surface area contributed by atoms with Gasteiger partial charge < -0.3 is 5.73 Å². The van der Waals surface area contributed by atoms with Crippen LogP contribution in [0.4, 0.5) is 0 Å². The number of rotatable bonds is 2. The minimum absolute atomic E-state index is 0. The van der Waals surface area contributed by atoms with E-state index in [-0.39, 0.29) is 20.8 Å². The summed E-state index contributed by atoms with van der Waals surface area (Å²) in [6.45, 7) is 0. The van der Waals surface area contributed by atoms with Crippen LogP contribution in [0.15, 0.2) is 24.3 Å². The van der Waals surface area contributed by atoms with E-state index in [2.05, 4.69) is 6.07 Å². The maximum atomic E-state index is 11.6. The summed E-state index contributed by atoms with van der Waals surface area (Å²) in [7, 11) is 0. The summed E-state index contributed by atoms with van der Waals surface area (Å²) < 4.78 is 0. The Balaban J connectivity index is 0.00000200. The zero-order valence-electron chi connectivity index (χ0n) is 13.1. The van der Waals surface area contributed by atoms with Crippen molar-refractivity contribution in [1.29, 1.82) is 0 Å². The zero-order valence-corrected chi connectivity index (χ0v) is 13.1. The smallest absolute Gasteiger partial charge is 0.248 e. The minimum Gasteiger partial charge on any atom is -0.366 e. The molecule has 2 N–H and O–H groups in total. The van der Waals surface area contributed by atoms with E-state index in [0.717, 1.165) is 18.4 Å². The van der Waals surface area contributed by atoms with Gasteiger partial charge in [0.25, 0.3) is 0 Å². The van der Waals surface area contributed by atoms with Crippen LogP contribution in [0.3, 0.4) is 0 Å². The molecule has 21 heavy (non-hydrogen) atoms. The van der Waals surface area contributed by atoms with Gasteiger partial charge in [-0.15, -0.1) is 0 Å². The number of carbonyl (C=O) groups excluding carboxylic acids is 1. The van der Waals surface area contributed by atoms with Crippen LogP contribution >= 0.6 is 0 Å². The van der Waals surface area contributed by atoms with Gasteiger partial charge in [0.1, 0.15) is 0 Å². The van der Waals surface area contributed by atoms with E-state index < -0.39 is 0 Å². The third-order valence-corrected chi connectivity index (χ3v) is 4.03. The second-order valence-electron chi connectivity index (χ2n) is 5.49. The second kappa shape index (κ2) is 10.4. The van der Waals surface area contributed by atoms with Gasteiger partial charge in [-0.2, -0.15) is 0 Å². The Kier molecular flexibility index (Phi) is 9.77. The minimum atomic E-state index is -0.305. The maximum Gasteiger partial charge on any atom is 0.248 e.